The van der Waals surface area contributed by atoms with Gasteiger partial charge in [-0.15, -0.1) is 5.10 Å². The summed E-state index contributed by atoms with van der Waals surface area (Å²) in [4.78, 5) is 11.3. The summed E-state index contributed by atoms with van der Waals surface area (Å²) in [5, 5.41) is 10.6. The van der Waals surface area contributed by atoms with Crippen LogP contribution in [0.3, 0.4) is 0 Å². The third kappa shape index (κ3) is 2.57. The monoisotopic (exact) mass is 246 g/mol. The molecule has 94 valence electrons. The van der Waals surface area contributed by atoms with Crippen molar-refractivity contribution in [1.82, 2.24) is 15.0 Å². The van der Waals surface area contributed by atoms with Gasteiger partial charge in [0.1, 0.15) is 0 Å². The van der Waals surface area contributed by atoms with Gasteiger partial charge >= 0.3 is 0 Å². The van der Waals surface area contributed by atoms with Gasteiger partial charge in [-0.2, -0.15) is 0 Å². The number of nitrogens with one attached hydrogen (secondary N) is 1. The first-order valence-corrected chi connectivity index (χ1v) is 5.45. The summed E-state index contributed by atoms with van der Waals surface area (Å²) in [6, 6.07) is 5.04. The number of aromatic nitrogens is 3. The minimum Gasteiger partial charge on any atom is -0.397 e. The highest BCUT2D eigenvalue weighted by Gasteiger charge is 2.10. The largest absolute Gasteiger partial charge is 0.397 e. The van der Waals surface area contributed by atoms with Crippen LogP contribution in [0.5, 0.6) is 0 Å². The van der Waals surface area contributed by atoms with Crippen molar-refractivity contribution in [3.05, 3.63) is 36.2 Å². The maximum Gasteiger partial charge on any atom is 0.250 e. The van der Waals surface area contributed by atoms with Crippen LogP contribution in [0.4, 0.5) is 11.4 Å². The van der Waals surface area contributed by atoms with Crippen molar-refractivity contribution in [2.45, 2.75) is 6.54 Å². The van der Waals surface area contributed by atoms with Crippen molar-refractivity contribution in [2.75, 3.05) is 17.6 Å². The number of nitrogens with zero attached hydrogens (tertiary/aromatic N) is 3. The second-order valence-corrected chi connectivity index (χ2v) is 3.73. The fourth-order valence-electron chi connectivity index (χ4n) is 1.62. The Hall–Kier alpha value is -2.57. The van der Waals surface area contributed by atoms with E-state index >= 15 is 0 Å². The normalized spacial score (nSPS) is 10.2. The maximum atomic E-state index is 11.3. The lowest BCUT2D eigenvalue weighted by molar-refractivity contribution is 0.100. The summed E-state index contributed by atoms with van der Waals surface area (Å²) in [6.45, 7) is 1.18. The van der Waals surface area contributed by atoms with Crippen LogP contribution in [-0.2, 0) is 6.54 Å². The van der Waals surface area contributed by atoms with Crippen LogP contribution in [0, 0.1) is 0 Å². The molecule has 7 nitrogen and oxygen atoms in total. The molecule has 1 aromatic heterocycles. The van der Waals surface area contributed by atoms with E-state index in [0.29, 0.717) is 30.0 Å². The summed E-state index contributed by atoms with van der Waals surface area (Å²) < 4.78 is 1.68. The highest BCUT2D eigenvalue weighted by atomic mass is 16.1. The minimum atomic E-state index is -0.509. The summed E-state index contributed by atoms with van der Waals surface area (Å²) >= 11 is 0. The molecule has 2 aromatic rings. The molecule has 5 N–H and O–H groups in total. The topological polar surface area (TPSA) is 112 Å². The molecule has 0 atom stereocenters. The van der Waals surface area contributed by atoms with Crippen LogP contribution in [-0.4, -0.2) is 27.4 Å². The van der Waals surface area contributed by atoms with Gasteiger partial charge in [0.05, 0.1) is 29.7 Å². The second-order valence-electron chi connectivity index (χ2n) is 3.73. The third-order valence-corrected chi connectivity index (χ3v) is 2.48. The fraction of sp³-hybridized carbons (Fsp3) is 0.182. The van der Waals surface area contributed by atoms with Gasteiger partial charge in [-0.25, -0.2) is 0 Å². The summed E-state index contributed by atoms with van der Waals surface area (Å²) in [5.41, 5.74) is 12.5. The molecule has 1 aromatic carbocycles. The number of carbonyl (C=O) groups excluding carboxylic acids is 1. The average Bonchev–Trinajstić information content (AvgIpc) is 2.84. The van der Waals surface area contributed by atoms with Crippen molar-refractivity contribution in [2.24, 2.45) is 5.73 Å². The summed E-state index contributed by atoms with van der Waals surface area (Å²) in [6.07, 6.45) is 3.36. The zero-order valence-corrected chi connectivity index (χ0v) is 9.71. The highest BCUT2D eigenvalue weighted by Crippen LogP contribution is 2.22. The molecule has 0 spiro atoms. The Morgan fingerprint density at radius 1 is 1.44 bits per heavy atom. The molecule has 7 heteroatoms. The molecule has 2 rings (SSSR count). The average molecular weight is 246 g/mol. The lowest BCUT2D eigenvalue weighted by atomic mass is 10.1. The predicted octanol–water partition coefficient (Wildman–Crippen LogP) is 0.0713. The number of hydrogen-bond donors (Lipinski definition) is 3. The van der Waals surface area contributed by atoms with Crippen LogP contribution in [0.2, 0.25) is 0 Å². The number of para-hydroxylation sites is 1. The molecule has 0 saturated carbocycles. The lowest BCUT2D eigenvalue weighted by Gasteiger charge is -2.12. The lowest BCUT2D eigenvalue weighted by Crippen LogP contribution is -2.18. The fourth-order valence-corrected chi connectivity index (χ4v) is 1.62. The standard InChI is InChI=1S/C11H14N6O/c12-9-3-1-2-8(11(13)18)10(9)14-4-6-17-7-5-15-16-17/h1-3,5,7,14H,4,6,12H2,(H2,13,18). The number of hydrogen-bond acceptors (Lipinski definition) is 5. The quantitative estimate of drug-likeness (QED) is 0.646. The summed E-state index contributed by atoms with van der Waals surface area (Å²) in [7, 11) is 0. The van der Waals surface area contributed by atoms with Gasteiger partial charge in [-0.3, -0.25) is 9.48 Å². The van der Waals surface area contributed by atoms with Crippen LogP contribution in [0.25, 0.3) is 0 Å². The van der Waals surface area contributed by atoms with Gasteiger partial charge in [0.25, 0.3) is 5.91 Å². The number of anilines is 2. The number of nitrogens with two attached hydrogens (primary N) is 2. The molecular formula is C11H14N6O. The maximum absolute atomic E-state index is 11.3. The van der Waals surface area contributed by atoms with Crippen molar-refractivity contribution in [3.8, 4) is 0 Å². The molecule has 1 amide bonds. The second kappa shape index (κ2) is 5.17. The zero-order chi connectivity index (χ0) is 13.0. The molecule has 0 saturated heterocycles. The van der Waals surface area contributed by atoms with Crippen LogP contribution in [0.1, 0.15) is 10.4 Å². The molecule has 1 heterocycles. The van der Waals surface area contributed by atoms with Crippen LogP contribution < -0.4 is 16.8 Å². The van der Waals surface area contributed by atoms with Crippen LogP contribution >= 0.6 is 0 Å². The smallest absolute Gasteiger partial charge is 0.250 e. The zero-order valence-electron chi connectivity index (χ0n) is 9.71. The van der Waals surface area contributed by atoms with E-state index in [-0.39, 0.29) is 0 Å². The molecule has 0 aliphatic rings. The summed E-state index contributed by atoms with van der Waals surface area (Å²) in [5.74, 6) is -0.509. The Bertz CT molecular complexity index is 536. The molecule has 18 heavy (non-hydrogen) atoms. The molecule has 0 unspecified atom stereocenters. The number of benzene rings is 1. The van der Waals surface area contributed by atoms with Gasteiger partial charge in [0.2, 0.25) is 0 Å². The van der Waals surface area contributed by atoms with Gasteiger partial charge in [0.15, 0.2) is 0 Å². The van der Waals surface area contributed by atoms with E-state index in [2.05, 4.69) is 15.6 Å². The van der Waals surface area contributed by atoms with E-state index in [1.807, 2.05) is 0 Å². The van der Waals surface area contributed by atoms with Crippen molar-refractivity contribution in [3.63, 3.8) is 0 Å². The van der Waals surface area contributed by atoms with E-state index in [0.717, 1.165) is 0 Å². The van der Waals surface area contributed by atoms with Crippen molar-refractivity contribution in [1.29, 1.82) is 0 Å². The highest BCUT2D eigenvalue weighted by molar-refractivity contribution is 6.01. The Labute approximate surface area is 104 Å². The number of amides is 1. The molecule has 0 aliphatic carbocycles. The number of nitrogen functional groups attached to an aromatic ring is 1. The van der Waals surface area contributed by atoms with Gasteiger partial charge in [0, 0.05) is 12.7 Å². The van der Waals surface area contributed by atoms with Gasteiger partial charge in [-0.05, 0) is 12.1 Å². The predicted molar refractivity (Wildman–Crippen MR) is 67.9 cm³/mol. The molecule has 0 radical (unpaired) electrons. The number of carbonyl (C=O) groups is 1. The van der Waals surface area contributed by atoms with E-state index < -0.39 is 5.91 Å². The molecule has 0 fully saturated rings. The van der Waals surface area contributed by atoms with E-state index in [1.165, 1.54) is 0 Å². The molecule has 0 aliphatic heterocycles. The number of rotatable bonds is 5. The third-order valence-electron chi connectivity index (χ3n) is 2.48. The molecule has 0 bridgehead atoms. The molecular weight excluding hydrogens is 232 g/mol. The van der Waals surface area contributed by atoms with Crippen LogP contribution in [0.15, 0.2) is 30.6 Å². The Kier molecular flexibility index (Phi) is 3.42. The SMILES string of the molecule is NC(=O)c1cccc(N)c1NCCn1ccnn1. The first-order chi connectivity index (χ1) is 8.68. The van der Waals surface area contributed by atoms with Gasteiger partial charge < -0.3 is 16.8 Å². The Morgan fingerprint density at radius 3 is 2.94 bits per heavy atom. The van der Waals surface area contributed by atoms with Crippen molar-refractivity contribution >= 4 is 17.3 Å². The van der Waals surface area contributed by atoms with Gasteiger partial charge in [-0.1, -0.05) is 11.3 Å². The van der Waals surface area contributed by atoms with E-state index in [1.54, 1.807) is 35.3 Å². The Morgan fingerprint density at radius 2 is 2.28 bits per heavy atom. The first kappa shape index (κ1) is 11.9. The van der Waals surface area contributed by atoms with Crippen molar-refractivity contribution < 1.29 is 4.79 Å². The first-order valence-electron chi connectivity index (χ1n) is 5.45. The minimum absolute atomic E-state index is 0.383. The van der Waals surface area contributed by atoms with E-state index in [4.69, 9.17) is 11.5 Å². The number of primary amides is 1. The van der Waals surface area contributed by atoms with E-state index in [9.17, 15) is 4.79 Å². The Balaban J connectivity index is 2.06.